The van der Waals surface area contributed by atoms with Crippen molar-refractivity contribution in [2.24, 2.45) is 0 Å². The van der Waals surface area contributed by atoms with E-state index in [4.69, 9.17) is 14.2 Å². The average Bonchev–Trinajstić information content (AvgIpc) is 2.76. The van der Waals surface area contributed by atoms with Crippen molar-refractivity contribution in [3.63, 3.8) is 0 Å². The summed E-state index contributed by atoms with van der Waals surface area (Å²) in [6.45, 7) is 0. The van der Waals surface area contributed by atoms with Gasteiger partial charge >= 0.3 is 0 Å². The first-order chi connectivity index (χ1) is 14.1. The average molecular weight is 409 g/mol. The van der Waals surface area contributed by atoms with Crippen LogP contribution >= 0.6 is 11.8 Å². The number of hydrogen-bond donors (Lipinski definition) is 1. The minimum atomic E-state index is -0.237. The molecule has 0 saturated heterocycles. The van der Waals surface area contributed by atoms with E-state index in [1.54, 1.807) is 44.6 Å². The summed E-state index contributed by atoms with van der Waals surface area (Å²) in [5, 5.41) is 13.6. The van der Waals surface area contributed by atoms with Crippen molar-refractivity contribution in [1.29, 1.82) is 5.26 Å². The molecule has 0 atom stereocenters. The molecule has 3 rings (SSSR count). The molecule has 8 heteroatoms. The molecule has 0 spiro atoms. The first-order valence-electron chi connectivity index (χ1n) is 8.61. The van der Waals surface area contributed by atoms with Crippen LogP contribution in [-0.4, -0.2) is 38.0 Å². The third-order valence-electron chi connectivity index (χ3n) is 4.13. The lowest BCUT2D eigenvalue weighted by molar-refractivity contribution is -0.113. The minimum absolute atomic E-state index is 0.0958. The van der Waals surface area contributed by atoms with Crippen LogP contribution in [0.4, 0.5) is 5.69 Å². The largest absolute Gasteiger partial charge is 0.497 e. The number of carbonyl (C=O) groups is 1. The highest BCUT2D eigenvalue weighted by Gasteiger charge is 2.13. The Bertz CT molecular complexity index is 1100. The molecule has 3 aromatic rings. The minimum Gasteiger partial charge on any atom is -0.497 e. The normalized spacial score (nSPS) is 10.3. The van der Waals surface area contributed by atoms with Crippen molar-refractivity contribution < 1.29 is 19.0 Å². The number of aromatic nitrogens is 1. The molecule has 7 nitrogen and oxygen atoms in total. The summed E-state index contributed by atoms with van der Waals surface area (Å²) < 4.78 is 15.6. The van der Waals surface area contributed by atoms with E-state index >= 15 is 0 Å². The lowest BCUT2D eigenvalue weighted by atomic mass is 10.1. The maximum atomic E-state index is 12.4. The molecule has 148 valence electrons. The molecule has 0 fully saturated rings. The number of nitrogens with one attached hydrogen (secondary N) is 1. The maximum Gasteiger partial charge on any atom is 0.234 e. The van der Waals surface area contributed by atoms with Gasteiger partial charge in [0, 0.05) is 11.5 Å². The predicted molar refractivity (Wildman–Crippen MR) is 112 cm³/mol. The molecular formula is C21H19N3O4S. The Morgan fingerprint density at radius 1 is 1.07 bits per heavy atom. The number of ether oxygens (including phenoxy) is 3. The molecule has 0 aliphatic carbocycles. The first kappa shape index (κ1) is 20.3. The molecule has 0 bridgehead atoms. The van der Waals surface area contributed by atoms with E-state index in [1.165, 1.54) is 18.9 Å². The second kappa shape index (κ2) is 9.17. The molecular weight excluding hydrogens is 390 g/mol. The number of rotatable bonds is 7. The van der Waals surface area contributed by atoms with Gasteiger partial charge in [-0.05, 0) is 36.4 Å². The Morgan fingerprint density at radius 3 is 2.48 bits per heavy atom. The summed E-state index contributed by atoms with van der Waals surface area (Å²) in [5.41, 5.74) is 1.67. The zero-order valence-electron chi connectivity index (χ0n) is 16.2. The van der Waals surface area contributed by atoms with Crippen LogP contribution in [0.25, 0.3) is 10.9 Å². The van der Waals surface area contributed by atoms with Gasteiger partial charge in [-0.3, -0.25) is 4.79 Å². The summed E-state index contributed by atoms with van der Waals surface area (Å²) >= 11 is 1.20. The Hall–Kier alpha value is -3.44. The van der Waals surface area contributed by atoms with E-state index in [0.29, 0.717) is 33.5 Å². The highest BCUT2D eigenvalue weighted by molar-refractivity contribution is 8.00. The van der Waals surface area contributed by atoms with E-state index in [-0.39, 0.29) is 11.7 Å². The number of hydrogen-bond acceptors (Lipinski definition) is 7. The fraction of sp³-hybridized carbons (Fsp3) is 0.190. The molecule has 0 saturated carbocycles. The molecule has 1 amide bonds. The van der Waals surface area contributed by atoms with E-state index in [2.05, 4.69) is 16.4 Å². The SMILES string of the molecule is COc1ccc(NC(=O)CSc2nc3ccc(OC)cc3cc2C#N)c(OC)c1. The Kier molecular flexibility index (Phi) is 6.42. The van der Waals surface area contributed by atoms with Crippen molar-refractivity contribution in [3.8, 4) is 23.3 Å². The van der Waals surface area contributed by atoms with E-state index in [0.717, 1.165) is 10.9 Å². The van der Waals surface area contributed by atoms with Crippen LogP contribution < -0.4 is 19.5 Å². The topological polar surface area (TPSA) is 93.5 Å². The van der Waals surface area contributed by atoms with Crippen LogP contribution in [0, 0.1) is 11.3 Å². The molecule has 0 aliphatic rings. The van der Waals surface area contributed by atoms with Gasteiger partial charge in [0.15, 0.2) is 0 Å². The Labute approximate surface area is 172 Å². The van der Waals surface area contributed by atoms with Gasteiger partial charge in [0.1, 0.15) is 28.3 Å². The number of anilines is 1. The van der Waals surface area contributed by atoms with E-state index < -0.39 is 0 Å². The van der Waals surface area contributed by atoms with Crippen LogP contribution in [0.15, 0.2) is 47.5 Å². The zero-order chi connectivity index (χ0) is 20.8. The lowest BCUT2D eigenvalue weighted by Gasteiger charge is -2.12. The van der Waals surface area contributed by atoms with Crippen LogP contribution in [0.5, 0.6) is 17.2 Å². The van der Waals surface area contributed by atoms with Gasteiger partial charge in [-0.2, -0.15) is 5.26 Å². The fourth-order valence-electron chi connectivity index (χ4n) is 2.68. The number of nitriles is 1. The molecule has 29 heavy (non-hydrogen) atoms. The number of thioether (sulfide) groups is 1. The second-order valence-corrected chi connectivity index (χ2v) is 6.88. The molecule has 1 heterocycles. The highest BCUT2D eigenvalue weighted by Crippen LogP contribution is 2.30. The van der Waals surface area contributed by atoms with Crippen molar-refractivity contribution in [2.45, 2.75) is 5.03 Å². The van der Waals surface area contributed by atoms with Gasteiger partial charge in [0.25, 0.3) is 0 Å². The van der Waals surface area contributed by atoms with Crippen LogP contribution in [0.1, 0.15) is 5.56 Å². The monoisotopic (exact) mass is 409 g/mol. The first-order valence-corrected chi connectivity index (χ1v) is 9.60. The van der Waals surface area contributed by atoms with Crippen molar-refractivity contribution in [2.75, 3.05) is 32.4 Å². The van der Waals surface area contributed by atoms with E-state index in [1.807, 2.05) is 12.1 Å². The standard InChI is InChI=1S/C21H19N3O4S/c1-26-15-4-6-17-13(9-15)8-14(11-22)21(24-17)29-12-20(25)23-18-7-5-16(27-2)10-19(18)28-3/h4-10H,12H2,1-3H3,(H,23,25). The van der Waals surface area contributed by atoms with Gasteiger partial charge < -0.3 is 19.5 Å². The highest BCUT2D eigenvalue weighted by atomic mass is 32.2. The number of carbonyl (C=O) groups excluding carboxylic acids is 1. The lowest BCUT2D eigenvalue weighted by Crippen LogP contribution is -2.15. The van der Waals surface area contributed by atoms with Crippen molar-refractivity contribution in [3.05, 3.63) is 48.0 Å². The summed E-state index contributed by atoms with van der Waals surface area (Å²) in [5.74, 6) is 1.68. The Balaban J connectivity index is 1.74. The number of fused-ring (bicyclic) bond motifs is 1. The third kappa shape index (κ3) is 4.70. The van der Waals surface area contributed by atoms with Crippen molar-refractivity contribution >= 4 is 34.3 Å². The Morgan fingerprint density at radius 2 is 1.79 bits per heavy atom. The smallest absolute Gasteiger partial charge is 0.234 e. The second-order valence-electron chi connectivity index (χ2n) is 5.91. The number of pyridine rings is 1. The van der Waals surface area contributed by atoms with E-state index in [9.17, 15) is 10.1 Å². The molecule has 1 N–H and O–H groups in total. The molecule has 0 unspecified atom stereocenters. The third-order valence-corrected chi connectivity index (χ3v) is 5.12. The number of benzene rings is 2. The summed E-state index contributed by atoms with van der Waals surface area (Å²) in [6.07, 6.45) is 0. The molecule has 1 aromatic heterocycles. The van der Waals surface area contributed by atoms with Gasteiger partial charge in [0.2, 0.25) is 5.91 Å². The van der Waals surface area contributed by atoms with Crippen LogP contribution in [-0.2, 0) is 4.79 Å². The maximum absolute atomic E-state index is 12.4. The number of nitrogens with zero attached hydrogens (tertiary/aromatic N) is 2. The molecule has 0 aliphatic heterocycles. The number of amides is 1. The number of methoxy groups -OCH3 is 3. The van der Waals surface area contributed by atoms with Gasteiger partial charge in [-0.1, -0.05) is 11.8 Å². The molecule has 0 radical (unpaired) electrons. The fourth-order valence-corrected chi connectivity index (χ4v) is 3.44. The van der Waals surface area contributed by atoms with Gasteiger partial charge in [-0.15, -0.1) is 0 Å². The van der Waals surface area contributed by atoms with Crippen molar-refractivity contribution in [1.82, 2.24) is 4.98 Å². The summed E-state index contributed by atoms with van der Waals surface area (Å²) in [6, 6.07) is 14.5. The van der Waals surface area contributed by atoms with Crippen LogP contribution in [0.2, 0.25) is 0 Å². The predicted octanol–water partition coefficient (Wildman–Crippen LogP) is 3.86. The van der Waals surface area contributed by atoms with Crippen LogP contribution in [0.3, 0.4) is 0 Å². The van der Waals surface area contributed by atoms with Gasteiger partial charge in [-0.25, -0.2) is 4.98 Å². The quantitative estimate of drug-likeness (QED) is 0.592. The summed E-state index contributed by atoms with van der Waals surface area (Å²) in [4.78, 5) is 16.9. The van der Waals surface area contributed by atoms with Gasteiger partial charge in [0.05, 0.1) is 43.8 Å². The molecule has 2 aromatic carbocycles. The zero-order valence-corrected chi connectivity index (χ0v) is 17.0. The summed E-state index contributed by atoms with van der Waals surface area (Å²) in [7, 11) is 4.66.